The predicted octanol–water partition coefficient (Wildman–Crippen LogP) is 3.01. The van der Waals surface area contributed by atoms with Gasteiger partial charge in [0.15, 0.2) is 5.54 Å². The minimum absolute atomic E-state index is 0.0949. The molecule has 2 aromatic rings. The van der Waals surface area contributed by atoms with Gasteiger partial charge in [0.1, 0.15) is 12.6 Å². The van der Waals surface area contributed by atoms with E-state index in [-0.39, 0.29) is 32.2 Å². The van der Waals surface area contributed by atoms with Gasteiger partial charge in [-0.2, -0.15) is 11.8 Å². The number of carbonyl (C=O) groups excluding carboxylic acids is 2. The summed E-state index contributed by atoms with van der Waals surface area (Å²) in [6.07, 6.45) is 1.70. The molecule has 2 atom stereocenters. The zero-order valence-electron chi connectivity index (χ0n) is 18.9. The molecular weight excluding hydrogens is 456 g/mol. The second-order valence-corrected chi connectivity index (χ2v) is 9.47. The third kappa shape index (κ3) is 4.90. The molecule has 4 rings (SSSR count). The van der Waals surface area contributed by atoms with E-state index in [0.717, 1.165) is 22.3 Å². The zero-order chi connectivity index (χ0) is 24.1. The van der Waals surface area contributed by atoms with Crippen molar-refractivity contribution in [2.45, 2.75) is 30.3 Å². The van der Waals surface area contributed by atoms with Crippen LogP contribution in [0.15, 0.2) is 48.5 Å². The fourth-order valence-corrected chi connectivity index (χ4v) is 4.97. The average Bonchev–Trinajstić information content (AvgIpc) is 3.44. The van der Waals surface area contributed by atoms with Crippen LogP contribution in [0.5, 0.6) is 0 Å². The molecule has 1 aliphatic heterocycles. The standard InChI is InChI=1S/C25H28N2O6S/c1-34-13-10-21(22(28)27-25(23(29)30)11-12-32-15-25)26-24(31)33-14-20-18-8-4-2-6-16(18)17-7-3-5-9-19(17)20/h2-9,20-21H,10-15H2,1H3,(H,26,31)(H,27,28)(H,29,30)/t21-,25?/m0/s1. The predicted molar refractivity (Wildman–Crippen MR) is 129 cm³/mol. The smallest absolute Gasteiger partial charge is 0.407 e. The highest BCUT2D eigenvalue weighted by Gasteiger charge is 2.45. The van der Waals surface area contributed by atoms with Crippen LogP contribution in [0.3, 0.4) is 0 Å². The van der Waals surface area contributed by atoms with E-state index in [4.69, 9.17) is 9.47 Å². The summed E-state index contributed by atoms with van der Waals surface area (Å²) in [6, 6.07) is 15.2. The maximum atomic E-state index is 12.9. The van der Waals surface area contributed by atoms with Crippen molar-refractivity contribution >= 4 is 29.7 Å². The van der Waals surface area contributed by atoms with Crippen LogP contribution in [-0.2, 0) is 19.1 Å². The van der Waals surface area contributed by atoms with E-state index >= 15 is 0 Å². The lowest BCUT2D eigenvalue weighted by molar-refractivity contribution is -0.148. The summed E-state index contributed by atoms with van der Waals surface area (Å²) >= 11 is 1.53. The van der Waals surface area contributed by atoms with E-state index in [0.29, 0.717) is 12.2 Å². The number of hydrogen-bond acceptors (Lipinski definition) is 6. The lowest BCUT2D eigenvalue weighted by Crippen LogP contribution is -2.60. The second kappa shape index (κ2) is 10.5. The molecule has 0 saturated carbocycles. The van der Waals surface area contributed by atoms with Gasteiger partial charge in [0, 0.05) is 18.9 Å². The third-order valence-corrected chi connectivity index (χ3v) is 7.00. The minimum Gasteiger partial charge on any atom is -0.479 e. The number of alkyl carbamates (subject to hydrolysis) is 1. The van der Waals surface area contributed by atoms with E-state index in [1.165, 1.54) is 11.8 Å². The summed E-state index contributed by atoms with van der Waals surface area (Å²) in [5, 5.41) is 14.8. The highest BCUT2D eigenvalue weighted by molar-refractivity contribution is 7.98. The van der Waals surface area contributed by atoms with Gasteiger partial charge in [0.05, 0.1) is 6.61 Å². The van der Waals surface area contributed by atoms with Crippen molar-refractivity contribution in [3.8, 4) is 11.1 Å². The second-order valence-electron chi connectivity index (χ2n) is 8.48. The number of fused-ring (bicyclic) bond motifs is 3. The first kappa shape index (κ1) is 24.1. The first-order valence-corrected chi connectivity index (χ1v) is 12.6. The number of benzene rings is 2. The third-order valence-electron chi connectivity index (χ3n) is 6.36. The Labute approximate surface area is 202 Å². The first-order valence-electron chi connectivity index (χ1n) is 11.2. The van der Waals surface area contributed by atoms with E-state index in [1.807, 2.05) is 42.7 Å². The lowest BCUT2D eigenvalue weighted by atomic mass is 9.98. The minimum atomic E-state index is -1.47. The van der Waals surface area contributed by atoms with E-state index in [1.54, 1.807) is 0 Å². The van der Waals surface area contributed by atoms with Gasteiger partial charge in [-0.3, -0.25) is 4.79 Å². The van der Waals surface area contributed by atoms with Gasteiger partial charge in [0.25, 0.3) is 0 Å². The fraction of sp³-hybridized carbons (Fsp3) is 0.400. The molecule has 1 fully saturated rings. The molecule has 0 radical (unpaired) electrons. The SMILES string of the molecule is CSCC[C@H](NC(=O)OCC1c2ccccc2-c2ccccc21)C(=O)NC1(C(=O)O)CCOC1. The van der Waals surface area contributed by atoms with Crippen molar-refractivity contribution in [1.29, 1.82) is 0 Å². The topological polar surface area (TPSA) is 114 Å². The summed E-state index contributed by atoms with van der Waals surface area (Å²) in [4.78, 5) is 37.4. The van der Waals surface area contributed by atoms with Crippen LogP contribution in [0.4, 0.5) is 4.79 Å². The first-order chi connectivity index (χ1) is 16.4. The number of ether oxygens (including phenoxy) is 2. The largest absolute Gasteiger partial charge is 0.479 e. The van der Waals surface area contributed by atoms with E-state index in [9.17, 15) is 19.5 Å². The summed E-state index contributed by atoms with van der Waals surface area (Å²) in [6.45, 7) is 0.278. The molecule has 0 aromatic heterocycles. The van der Waals surface area contributed by atoms with Gasteiger partial charge >= 0.3 is 12.1 Å². The number of nitrogens with one attached hydrogen (secondary N) is 2. The number of rotatable bonds is 9. The molecule has 8 nitrogen and oxygen atoms in total. The van der Waals surface area contributed by atoms with Gasteiger partial charge in [-0.05, 0) is 40.7 Å². The molecule has 34 heavy (non-hydrogen) atoms. The van der Waals surface area contributed by atoms with Crippen LogP contribution in [0.25, 0.3) is 11.1 Å². The molecule has 2 amide bonds. The molecule has 3 N–H and O–H groups in total. The lowest BCUT2D eigenvalue weighted by Gasteiger charge is -2.27. The Kier molecular flexibility index (Phi) is 7.43. The van der Waals surface area contributed by atoms with Crippen LogP contribution in [0.1, 0.15) is 29.9 Å². The molecule has 1 aliphatic carbocycles. The summed E-state index contributed by atoms with van der Waals surface area (Å²) in [5.74, 6) is -1.20. The molecule has 0 bridgehead atoms. The molecule has 2 aliphatic rings. The number of hydrogen-bond donors (Lipinski definition) is 3. The molecule has 9 heteroatoms. The summed E-state index contributed by atoms with van der Waals surface area (Å²) in [5.41, 5.74) is 2.97. The van der Waals surface area contributed by atoms with Crippen LogP contribution in [0, 0.1) is 0 Å². The van der Waals surface area contributed by atoms with Crippen molar-refractivity contribution < 1.29 is 29.0 Å². The van der Waals surface area contributed by atoms with Gasteiger partial charge < -0.3 is 25.2 Å². The van der Waals surface area contributed by atoms with Crippen molar-refractivity contribution in [1.82, 2.24) is 10.6 Å². The highest BCUT2D eigenvalue weighted by atomic mass is 32.2. The Balaban J connectivity index is 1.42. The molecule has 180 valence electrons. The number of carbonyl (C=O) groups is 3. The number of carboxylic acids is 1. The maximum Gasteiger partial charge on any atom is 0.407 e. The molecule has 0 spiro atoms. The zero-order valence-corrected chi connectivity index (χ0v) is 19.7. The van der Waals surface area contributed by atoms with Crippen LogP contribution < -0.4 is 10.6 Å². The van der Waals surface area contributed by atoms with Gasteiger partial charge in [-0.25, -0.2) is 9.59 Å². The summed E-state index contributed by atoms with van der Waals surface area (Å²) in [7, 11) is 0. The van der Waals surface area contributed by atoms with Crippen molar-refractivity contribution in [2.75, 3.05) is 31.8 Å². The van der Waals surface area contributed by atoms with Gasteiger partial charge in [0.2, 0.25) is 5.91 Å². The van der Waals surface area contributed by atoms with Gasteiger partial charge in [-0.15, -0.1) is 0 Å². The average molecular weight is 485 g/mol. The Bertz CT molecular complexity index is 1020. The van der Waals surface area contributed by atoms with E-state index < -0.39 is 29.6 Å². The Morgan fingerprint density at radius 3 is 2.35 bits per heavy atom. The molecule has 2 aromatic carbocycles. The molecule has 1 saturated heterocycles. The number of amides is 2. The number of carboxylic acid groups (broad SMARTS) is 1. The quantitative estimate of drug-likeness (QED) is 0.501. The Morgan fingerprint density at radius 1 is 1.15 bits per heavy atom. The van der Waals surface area contributed by atoms with Crippen molar-refractivity contribution in [2.24, 2.45) is 0 Å². The monoisotopic (exact) mass is 484 g/mol. The maximum absolute atomic E-state index is 12.9. The highest BCUT2D eigenvalue weighted by Crippen LogP contribution is 2.44. The van der Waals surface area contributed by atoms with Crippen LogP contribution in [0.2, 0.25) is 0 Å². The molecule has 1 heterocycles. The number of aliphatic carboxylic acids is 1. The van der Waals surface area contributed by atoms with Gasteiger partial charge in [-0.1, -0.05) is 48.5 Å². The fourth-order valence-electron chi connectivity index (χ4n) is 4.50. The molecule has 1 unspecified atom stereocenters. The molecular formula is C25H28N2O6S. The van der Waals surface area contributed by atoms with Crippen LogP contribution >= 0.6 is 11.8 Å². The normalized spacial score (nSPS) is 19.7. The Morgan fingerprint density at radius 2 is 1.79 bits per heavy atom. The van der Waals surface area contributed by atoms with Crippen molar-refractivity contribution in [3.05, 3.63) is 59.7 Å². The number of thioether (sulfide) groups is 1. The van der Waals surface area contributed by atoms with Crippen LogP contribution in [-0.4, -0.2) is 66.5 Å². The van der Waals surface area contributed by atoms with Crippen molar-refractivity contribution in [3.63, 3.8) is 0 Å². The van der Waals surface area contributed by atoms with E-state index in [2.05, 4.69) is 22.8 Å². The Hall–Kier alpha value is -3.04. The summed E-state index contributed by atoms with van der Waals surface area (Å²) < 4.78 is 10.8.